The van der Waals surface area contributed by atoms with Gasteiger partial charge in [0.2, 0.25) is 0 Å². The van der Waals surface area contributed by atoms with E-state index in [4.69, 9.17) is 11.6 Å². The Hall–Kier alpha value is -1.58. The van der Waals surface area contributed by atoms with Crippen LogP contribution in [-0.4, -0.2) is 12.5 Å². The molecule has 1 aliphatic rings. The Morgan fingerprint density at radius 2 is 1.90 bits per heavy atom. The van der Waals surface area contributed by atoms with Crippen molar-refractivity contribution in [1.29, 1.82) is 0 Å². The maximum Gasteiger partial charge on any atom is 0.131 e. The summed E-state index contributed by atoms with van der Waals surface area (Å²) >= 11 is 6.21. The lowest BCUT2D eigenvalue weighted by Crippen LogP contribution is -2.38. The molecule has 2 aromatic rings. The Labute approximate surface area is 123 Å². The summed E-state index contributed by atoms with van der Waals surface area (Å²) in [5.74, 6) is -0.191. The fraction of sp³-hybridized carbons (Fsp3) is 0.250. The van der Waals surface area contributed by atoms with Crippen LogP contribution in [0.3, 0.4) is 0 Å². The van der Waals surface area contributed by atoms with Crippen LogP contribution in [0.1, 0.15) is 12.0 Å². The standard InChI is InChI=1S/C16H16ClFN2/c1-20-15-8-4-6-11(12-5-2-3-7-14(12)18)13(15)9-10-16(17)19-20/h2-8,16,19H,9-10H2,1H3. The minimum atomic E-state index is -0.191. The van der Waals surface area contributed by atoms with E-state index in [0.717, 1.165) is 29.7 Å². The van der Waals surface area contributed by atoms with Crippen LogP contribution in [0.15, 0.2) is 42.5 Å². The highest BCUT2D eigenvalue weighted by Gasteiger charge is 2.20. The van der Waals surface area contributed by atoms with Crippen molar-refractivity contribution in [1.82, 2.24) is 5.43 Å². The van der Waals surface area contributed by atoms with E-state index in [1.165, 1.54) is 6.07 Å². The van der Waals surface area contributed by atoms with Crippen LogP contribution < -0.4 is 10.4 Å². The maximum absolute atomic E-state index is 14.1. The van der Waals surface area contributed by atoms with Gasteiger partial charge in [0.15, 0.2) is 0 Å². The van der Waals surface area contributed by atoms with Gasteiger partial charge >= 0.3 is 0 Å². The third kappa shape index (κ3) is 2.39. The van der Waals surface area contributed by atoms with E-state index in [0.29, 0.717) is 5.56 Å². The van der Waals surface area contributed by atoms with Crippen molar-refractivity contribution in [3.05, 3.63) is 53.8 Å². The van der Waals surface area contributed by atoms with Gasteiger partial charge in [0.1, 0.15) is 11.3 Å². The van der Waals surface area contributed by atoms with Crippen molar-refractivity contribution in [3.8, 4) is 11.1 Å². The molecule has 2 nitrogen and oxygen atoms in total. The molecule has 1 atom stereocenters. The number of hydrogen-bond acceptors (Lipinski definition) is 2. The van der Waals surface area contributed by atoms with Crippen LogP contribution >= 0.6 is 11.6 Å². The Balaban J connectivity index is 2.15. The first-order valence-corrected chi connectivity index (χ1v) is 7.11. The summed E-state index contributed by atoms with van der Waals surface area (Å²) in [4.78, 5) is 0. The van der Waals surface area contributed by atoms with Gasteiger partial charge in [-0.2, -0.15) is 0 Å². The number of anilines is 1. The normalized spacial score (nSPS) is 18.6. The highest BCUT2D eigenvalue weighted by atomic mass is 35.5. The summed E-state index contributed by atoms with van der Waals surface area (Å²) in [7, 11) is 1.94. The molecule has 1 heterocycles. The highest BCUT2D eigenvalue weighted by Crippen LogP contribution is 2.34. The third-order valence-corrected chi connectivity index (χ3v) is 3.97. The molecule has 0 aliphatic carbocycles. The average Bonchev–Trinajstić information content (AvgIpc) is 2.59. The Kier molecular flexibility index (Phi) is 3.64. The Morgan fingerprint density at radius 3 is 2.70 bits per heavy atom. The molecule has 0 aromatic heterocycles. The molecule has 0 radical (unpaired) electrons. The van der Waals surface area contributed by atoms with Gasteiger partial charge in [-0.3, -0.25) is 0 Å². The van der Waals surface area contributed by atoms with Gasteiger partial charge in [0, 0.05) is 12.6 Å². The molecule has 4 heteroatoms. The summed E-state index contributed by atoms with van der Waals surface area (Å²) in [6.07, 6.45) is 1.63. The average molecular weight is 291 g/mol. The minimum absolute atomic E-state index is 0.110. The van der Waals surface area contributed by atoms with Gasteiger partial charge in [-0.25, -0.2) is 9.82 Å². The SMILES string of the molecule is CN1NC(Cl)CCc2c(-c3ccccc3F)cccc21. The van der Waals surface area contributed by atoms with Gasteiger partial charge in [-0.05, 0) is 36.1 Å². The number of benzene rings is 2. The van der Waals surface area contributed by atoms with Crippen LogP contribution in [0, 0.1) is 5.82 Å². The number of fused-ring (bicyclic) bond motifs is 1. The Morgan fingerprint density at radius 1 is 1.15 bits per heavy atom. The zero-order valence-corrected chi connectivity index (χ0v) is 12.0. The Bertz CT molecular complexity index is 630. The van der Waals surface area contributed by atoms with E-state index >= 15 is 0 Å². The summed E-state index contributed by atoms with van der Waals surface area (Å²) in [5, 5.41) is 1.92. The van der Waals surface area contributed by atoms with Crippen molar-refractivity contribution in [2.24, 2.45) is 0 Å². The molecule has 1 N–H and O–H groups in total. The van der Waals surface area contributed by atoms with Crippen LogP contribution in [-0.2, 0) is 6.42 Å². The number of alkyl halides is 1. The fourth-order valence-electron chi connectivity index (χ4n) is 2.70. The van der Waals surface area contributed by atoms with Gasteiger partial charge in [0.25, 0.3) is 0 Å². The molecule has 0 bridgehead atoms. The minimum Gasteiger partial charge on any atom is -0.310 e. The molecule has 20 heavy (non-hydrogen) atoms. The summed E-state index contributed by atoms with van der Waals surface area (Å²) in [6.45, 7) is 0. The van der Waals surface area contributed by atoms with E-state index in [2.05, 4.69) is 5.43 Å². The van der Waals surface area contributed by atoms with Gasteiger partial charge in [-0.1, -0.05) is 30.3 Å². The van der Waals surface area contributed by atoms with Crippen LogP contribution in [0.2, 0.25) is 0 Å². The second-order valence-electron chi connectivity index (χ2n) is 4.98. The van der Waals surface area contributed by atoms with E-state index in [-0.39, 0.29) is 11.3 Å². The fourth-order valence-corrected chi connectivity index (χ4v) is 2.95. The molecular weight excluding hydrogens is 275 g/mol. The van der Waals surface area contributed by atoms with Crippen LogP contribution in [0.5, 0.6) is 0 Å². The largest absolute Gasteiger partial charge is 0.310 e. The molecule has 0 saturated heterocycles. The molecule has 0 spiro atoms. The zero-order chi connectivity index (χ0) is 14.1. The molecule has 0 fully saturated rings. The molecular formula is C16H16ClFN2. The summed E-state index contributed by atoms with van der Waals surface area (Å²) < 4.78 is 14.1. The van der Waals surface area contributed by atoms with Crippen molar-refractivity contribution < 1.29 is 4.39 Å². The predicted molar refractivity (Wildman–Crippen MR) is 81.3 cm³/mol. The molecule has 0 amide bonds. The molecule has 104 valence electrons. The van der Waals surface area contributed by atoms with Gasteiger partial charge in [0.05, 0.1) is 5.69 Å². The van der Waals surface area contributed by atoms with E-state index in [1.54, 1.807) is 6.07 Å². The number of hydrazine groups is 1. The lowest BCUT2D eigenvalue weighted by Gasteiger charge is -2.23. The predicted octanol–water partition coefficient (Wildman–Crippen LogP) is 3.94. The second kappa shape index (κ2) is 5.43. The van der Waals surface area contributed by atoms with Crippen molar-refractivity contribution >= 4 is 17.3 Å². The first kappa shape index (κ1) is 13.4. The first-order chi connectivity index (χ1) is 9.66. The van der Waals surface area contributed by atoms with E-state index in [1.807, 2.05) is 42.4 Å². The molecule has 2 aromatic carbocycles. The van der Waals surface area contributed by atoms with E-state index in [9.17, 15) is 4.39 Å². The maximum atomic E-state index is 14.1. The molecule has 1 unspecified atom stereocenters. The summed E-state index contributed by atoms with van der Waals surface area (Å²) in [6, 6.07) is 12.8. The number of rotatable bonds is 1. The van der Waals surface area contributed by atoms with Crippen LogP contribution in [0.4, 0.5) is 10.1 Å². The van der Waals surface area contributed by atoms with E-state index < -0.39 is 0 Å². The number of hydrogen-bond donors (Lipinski definition) is 1. The number of halogens is 2. The monoisotopic (exact) mass is 290 g/mol. The van der Waals surface area contributed by atoms with Crippen molar-refractivity contribution in [2.45, 2.75) is 18.3 Å². The van der Waals surface area contributed by atoms with Crippen LogP contribution in [0.25, 0.3) is 11.1 Å². The van der Waals surface area contributed by atoms with Crippen molar-refractivity contribution in [2.75, 3.05) is 12.1 Å². The van der Waals surface area contributed by atoms with Gasteiger partial charge in [-0.15, -0.1) is 11.6 Å². The number of nitrogens with one attached hydrogen (secondary N) is 1. The third-order valence-electron chi connectivity index (χ3n) is 3.66. The highest BCUT2D eigenvalue weighted by molar-refractivity contribution is 6.20. The smallest absolute Gasteiger partial charge is 0.131 e. The molecule has 3 rings (SSSR count). The second-order valence-corrected chi connectivity index (χ2v) is 5.50. The molecule has 1 aliphatic heterocycles. The lowest BCUT2D eigenvalue weighted by molar-refractivity contribution is 0.615. The topological polar surface area (TPSA) is 15.3 Å². The number of nitrogens with zero attached hydrogens (tertiary/aromatic N) is 1. The van der Waals surface area contributed by atoms with Gasteiger partial charge < -0.3 is 5.01 Å². The quantitative estimate of drug-likeness (QED) is 0.632. The first-order valence-electron chi connectivity index (χ1n) is 6.67. The molecule has 0 saturated carbocycles. The van der Waals surface area contributed by atoms with Crippen molar-refractivity contribution in [3.63, 3.8) is 0 Å². The summed E-state index contributed by atoms with van der Waals surface area (Å²) in [5.41, 5.74) is 6.86. The zero-order valence-electron chi connectivity index (χ0n) is 11.2. The lowest BCUT2D eigenvalue weighted by atomic mass is 9.95.